The fourth-order valence-electron chi connectivity index (χ4n) is 0.377. The molecule has 1 unspecified atom stereocenters. The Bertz CT molecular complexity index is 213. The summed E-state index contributed by atoms with van der Waals surface area (Å²) in [5.41, 5.74) is 0. The molecule has 0 aliphatic carbocycles. The van der Waals surface area contributed by atoms with E-state index in [-0.39, 0.29) is 5.03 Å². The van der Waals surface area contributed by atoms with Gasteiger partial charge in [-0.25, -0.2) is 9.97 Å². The van der Waals surface area contributed by atoms with E-state index in [0.717, 1.165) is 0 Å². The third-order valence-electron chi connectivity index (χ3n) is 0.726. The zero-order valence-electron chi connectivity index (χ0n) is 4.35. The van der Waals surface area contributed by atoms with Crippen LogP contribution in [-0.2, 0) is 11.1 Å². The van der Waals surface area contributed by atoms with Gasteiger partial charge in [0.15, 0.2) is 0 Å². The van der Waals surface area contributed by atoms with Crippen LogP contribution >= 0.6 is 0 Å². The van der Waals surface area contributed by atoms with Gasteiger partial charge in [-0.1, -0.05) is 0 Å². The van der Waals surface area contributed by atoms with E-state index >= 15 is 0 Å². The Morgan fingerprint density at radius 1 is 1.67 bits per heavy atom. The minimum absolute atomic E-state index is 0.0185. The van der Waals surface area contributed by atoms with E-state index < -0.39 is 11.1 Å². The van der Waals surface area contributed by atoms with Crippen molar-refractivity contribution >= 4 is 11.1 Å². The summed E-state index contributed by atoms with van der Waals surface area (Å²) in [4.78, 5) is 7.00. The smallest absolute Gasteiger partial charge is 0.116 e. The molecule has 1 atom stereocenters. The molecular formula is C4H3N2O2S-. The van der Waals surface area contributed by atoms with Crippen molar-refractivity contribution in [2.45, 2.75) is 5.03 Å². The summed E-state index contributed by atoms with van der Waals surface area (Å²) in [5.74, 6) is 0. The molecule has 0 saturated carbocycles. The minimum Gasteiger partial charge on any atom is -0.767 e. The van der Waals surface area contributed by atoms with Gasteiger partial charge in [0.2, 0.25) is 0 Å². The largest absolute Gasteiger partial charge is 0.767 e. The fourth-order valence-corrected chi connectivity index (χ4v) is 0.682. The third kappa shape index (κ3) is 1.55. The highest BCUT2D eigenvalue weighted by molar-refractivity contribution is 7.79. The lowest BCUT2D eigenvalue weighted by Gasteiger charge is -1.99. The molecule has 0 radical (unpaired) electrons. The third-order valence-corrected chi connectivity index (χ3v) is 1.31. The summed E-state index contributed by atoms with van der Waals surface area (Å²) in [5, 5.41) is 0.0185. The van der Waals surface area contributed by atoms with Crippen LogP contribution in [0.5, 0.6) is 0 Å². The van der Waals surface area contributed by atoms with Crippen molar-refractivity contribution in [3.05, 3.63) is 18.6 Å². The van der Waals surface area contributed by atoms with Crippen LogP contribution in [0.4, 0.5) is 0 Å². The van der Waals surface area contributed by atoms with Crippen molar-refractivity contribution in [2.75, 3.05) is 0 Å². The molecule has 0 N–H and O–H groups in total. The topological polar surface area (TPSA) is 65.9 Å². The van der Waals surface area contributed by atoms with E-state index in [1.54, 1.807) is 0 Å². The summed E-state index contributed by atoms with van der Waals surface area (Å²) in [6, 6.07) is 1.32. The highest BCUT2D eigenvalue weighted by atomic mass is 32.2. The molecule has 1 aromatic heterocycles. The Kier molecular flexibility index (Phi) is 1.86. The van der Waals surface area contributed by atoms with Crippen LogP contribution in [0.2, 0.25) is 0 Å². The van der Waals surface area contributed by atoms with Crippen LogP contribution in [-0.4, -0.2) is 18.7 Å². The van der Waals surface area contributed by atoms with Crippen molar-refractivity contribution < 1.29 is 8.76 Å². The first-order valence-corrected chi connectivity index (χ1v) is 3.23. The van der Waals surface area contributed by atoms with E-state index in [9.17, 15) is 8.76 Å². The normalized spacial score (nSPS) is 13.0. The number of aromatic nitrogens is 2. The lowest BCUT2D eigenvalue weighted by Crippen LogP contribution is -1.91. The summed E-state index contributed by atoms with van der Waals surface area (Å²) in [6.45, 7) is 0. The van der Waals surface area contributed by atoms with E-state index in [1.165, 1.54) is 18.6 Å². The molecule has 0 amide bonds. The van der Waals surface area contributed by atoms with Gasteiger partial charge < -0.3 is 4.55 Å². The van der Waals surface area contributed by atoms with Gasteiger partial charge in [-0.05, 0) is 17.1 Å². The van der Waals surface area contributed by atoms with E-state index in [0.29, 0.717) is 0 Å². The van der Waals surface area contributed by atoms with Crippen LogP contribution in [0.1, 0.15) is 0 Å². The van der Waals surface area contributed by atoms with Gasteiger partial charge >= 0.3 is 0 Å². The lowest BCUT2D eigenvalue weighted by molar-refractivity contribution is 0.533. The molecule has 0 aliphatic heterocycles. The van der Waals surface area contributed by atoms with E-state index in [1.807, 2.05) is 0 Å². The van der Waals surface area contributed by atoms with Gasteiger partial charge in [0.1, 0.15) is 11.4 Å². The predicted molar refractivity (Wildman–Crippen MR) is 29.2 cm³/mol. The van der Waals surface area contributed by atoms with Crippen LogP contribution in [0.15, 0.2) is 23.6 Å². The Morgan fingerprint density at radius 3 is 2.78 bits per heavy atom. The second-order valence-corrected chi connectivity index (χ2v) is 2.17. The number of rotatable bonds is 1. The maximum absolute atomic E-state index is 10.1. The Labute approximate surface area is 54.2 Å². The molecule has 1 heterocycles. The van der Waals surface area contributed by atoms with Gasteiger partial charge in [-0.2, -0.15) is 0 Å². The second-order valence-electron chi connectivity index (χ2n) is 1.28. The first kappa shape index (κ1) is 6.31. The minimum atomic E-state index is -2.23. The van der Waals surface area contributed by atoms with Crippen molar-refractivity contribution in [1.82, 2.24) is 9.97 Å². The summed E-state index contributed by atoms with van der Waals surface area (Å²) in [6.07, 6.45) is 2.56. The standard InChI is InChI=1S/C4H4N2O2S/c7-9(8)4-1-2-5-3-6-4/h1-3H,(H,7,8)/p-1. The molecule has 0 spiro atoms. The molecular weight excluding hydrogens is 140 g/mol. The van der Waals surface area contributed by atoms with Crippen molar-refractivity contribution in [3.8, 4) is 0 Å². The monoisotopic (exact) mass is 143 g/mol. The zero-order chi connectivity index (χ0) is 6.69. The number of hydrogen-bond acceptors (Lipinski definition) is 4. The Balaban J connectivity index is 2.98. The average Bonchev–Trinajstić information content (AvgIpc) is 1.90. The van der Waals surface area contributed by atoms with Crippen LogP contribution in [0.25, 0.3) is 0 Å². The molecule has 0 aromatic carbocycles. The molecule has 4 nitrogen and oxygen atoms in total. The molecule has 0 saturated heterocycles. The van der Waals surface area contributed by atoms with Crippen molar-refractivity contribution in [1.29, 1.82) is 0 Å². The van der Waals surface area contributed by atoms with Gasteiger partial charge in [-0.15, -0.1) is 0 Å². The summed E-state index contributed by atoms with van der Waals surface area (Å²) < 4.78 is 20.2. The maximum atomic E-state index is 10.1. The first-order valence-electron chi connectivity index (χ1n) is 2.16. The van der Waals surface area contributed by atoms with E-state index in [2.05, 4.69) is 9.97 Å². The van der Waals surface area contributed by atoms with Gasteiger partial charge in [0.25, 0.3) is 0 Å². The van der Waals surface area contributed by atoms with E-state index in [4.69, 9.17) is 0 Å². The summed E-state index contributed by atoms with van der Waals surface area (Å²) >= 11 is -2.23. The highest BCUT2D eigenvalue weighted by Crippen LogP contribution is 1.93. The number of hydrogen-bond donors (Lipinski definition) is 0. The predicted octanol–water partition coefficient (Wildman–Crippen LogP) is -0.285. The molecule has 0 fully saturated rings. The van der Waals surface area contributed by atoms with Crippen LogP contribution in [0, 0.1) is 0 Å². The molecule has 9 heavy (non-hydrogen) atoms. The van der Waals surface area contributed by atoms with Gasteiger partial charge in [0.05, 0.1) is 0 Å². The molecule has 48 valence electrons. The first-order chi connectivity index (χ1) is 4.30. The second kappa shape index (κ2) is 2.65. The van der Waals surface area contributed by atoms with Crippen LogP contribution < -0.4 is 0 Å². The van der Waals surface area contributed by atoms with Gasteiger partial charge in [0, 0.05) is 6.20 Å². The van der Waals surface area contributed by atoms with Crippen LogP contribution in [0.3, 0.4) is 0 Å². The fraction of sp³-hybridized carbons (Fsp3) is 0. The van der Waals surface area contributed by atoms with Crippen molar-refractivity contribution in [2.24, 2.45) is 0 Å². The Hall–Kier alpha value is -0.810. The molecule has 1 rings (SSSR count). The van der Waals surface area contributed by atoms with Gasteiger partial charge in [-0.3, -0.25) is 4.21 Å². The Morgan fingerprint density at radius 2 is 2.44 bits per heavy atom. The molecule has 0 aliphatic rings. The average molecular weight is 143 g/mol. The highest BCUT2D eigenvalue weighted by Gasteiger charge is 1.87. The zero-order valence-corrected chi connectivity index (χ0v) is 5.17. The lowest BCUT2D eigenvalue weighted by atomic mass is 10.7. The number of nitrogens with zero attached hydrogens (tertiary/aromatic N) is 2. The quantitative estimate of drug-likeness (QED) is 0.400. The molecule has 0 bridgehead atoms. The molecule has 5 heteroatoms. The molecule has 1 aromatic rings. The van der Waals surface area contributed by atoms with Crippen molar-refractivity contribution in [3.63, 3.8) is 0 Å². The maximum Gasteiger partial charge on any atom is 0.116 e. The summed E-state index contributed by atoms with van der Waals surface area (Å²) in [7, 11) is 0. The SMILES string of the molecule is O=S([O-])c1ccncn1.